The van der Waals surface area contributed by atoms with Crippen molar-refractivity contribution in [3.05, 3.63) is 52.6 Å². The number of hydrogen-bond donors (Lipinski definition) is 1. The molecular weight excluding hydrogens is 364 g/mol. The quantitative estimate of drug-likeness (QED) is 0.867. The molecule has 1 aromatic carbocycles. The van der Waals surface area contributed by atoms with Crippen LogP contribution in [0, 0.1) is 0 Å². The van der Waals surface area contributed by atoms with E-state index in [1.165, 1.54) is 17.5 Å². The maximum absolute atomic E-state index is 12.8. The monoisotopic (exact) mass is 392 g/mol. The van der Waals surface area contributed by atoms with Gasteiger partial charge in [-0.1, -0.05) is 12.1 Å². The molecule has 2 atom stereocenters. The van der Waals surface area contributed by atoms with E-state index in [4.69, 9.17) is 9.72 Å². The van der Waals surface area contributed by atoms with Crippen molar-refractivity contribution >= 4 is 5.91 Å². The summed E-state index contributed by atoms with van der Waals surface area (Å²) in [5.74, 6) is 2.12. The molecule has 4 heterocycles. The Balaban J connectivity index is 1.19. The number of aryl methyl sites for hydroxylation is 1. The Morgan fingerprint density at radius 1 is 1.34 bits per heavy atom. The Morgan fingerprint density at radius 2 is 2.28 bits per heavy atom. The summed E-state index contributed by atoms with van der Waals surface area (Å²) in [5, 5.41) is 3.46. The number of fused-ring (bicyclic) bond motifs is 2. The second-order valence-corrected chi connectivity index (χ2v) is 8.49. The summed E-state index contributed by atoms with van der Waals surface area (Å²) < 4.78 is 5.77. The van der Waals surface area contributed by atoms with Gasteiger partial charge in [0.15, 0.2) is 0 Å². The zero-order valence-electron chi connectivity index (χ0n) is 17.0. The molecular formula is C23H28N4O2. The third kappa shape index (κ3) is 3.86. The highest BCUT2D eigenvalue weighted by atomic mass is 16.5. The molecule has 5 rings (SSSR count). The van der Waals surface area contributed by atoms with E-state index in [-0.39, 0.29) is 12.0 Å². The van der Waals surface area contributed by atoms with Gasteiger partial charge < -0.3 is 15.0 Å². The first-order chi connectivity index (χ1) is 14.2. The van der Waals surface area contributed by atoms with Crippen molar-refractivity contribution in [2.75, 3.05) is 13.1 Å². The first-order valence-corrected chi connectivity index (χ1v) is 10.8. The molecule has 1 amide bonds. The smallest absolute Gasteiger partial charge is 0.223 e. The fraction of sp³-hybridized carbons (Fsp3) is 0.522. The minimum atomic E-state index is 0.210. The van der Waals surface area contributed by atoms with Crippen molar-refractivity contribution < 1.29 is 9.53 Å². The van der Waals surface area contributed by atoms with Crippen molar-refractivity contribution in [2.24, 2.45) is 0 Å². The van der Waals surface area contributed by atoms with Gasteiger partial charge in [0, 0.05) is 44.1 Å². The fourth-order valence-corrected chi connectivity index (χ4v) is 4.66. The molecule has 0 radical (unpaired) electrons. The highest BCUT2D eigenvalue weighted by molar-refractivity contribution is 5.76. The van der Waals surface area contributed by atoms with Crippen LogP contribution in [0.3, 0.4) is 0 Å². The van der Waals surface area contributed by atoms with Crippen LogP contribution in [0.2, 0.25) is 0 Å². The number of carbonyl (C=O) groups excluding carboxylic acids is 1. The van der Waals surface area contributed by atoms with Gasteiger partial charge in [-0.3, -0.25) is 4.79 Å². The summed E-state index contributed by atoms with van der Waals surface area (Å²) in [7, 11) is 0. The van der Waals surface area contributed by atoms with Gasteiger partial charge in [-0.25, -0.2) is 9.97 Å². The summed E-state index contributed by atoms with van der Waals surface area (Å²) >= 11 is 0. The Bertz CT molecular complexity index is 923. The van der Waals surface area contributed by atoms with Crippen LogP contribution in [-0.4, -0.2) is 40.0 Å². The van der Waals surface area contributed by atoms with Crippen LogP contribution in [-0.2, 0) is 30.6 Å². The van der Waals surface area contributed by atoms with E-state index in [1.54, 1.807) is 0 Å². The molecule has 0 aliphatic carbocycles. The van der Waals surface area contributed by atoms with Gasteiger partial charge >= 0.3 is 0 Å². The van der Waals surface area contributed by atoms with Crippen molar-refractivity contribution in [2.45, 2.75) is 64.1 Å². The average molecular weight is 393 g/mol. The van der Waals surface area contributed by atoms with Gasteiger partial charge in [-0.05, 0) is 49.9 Å². The van der Waals surface area contributed by atoms with Crippen LogP contribution in [0.15, 0.2) is 24.4 Å². The fourth-order valence-electron chi connectivity index (χ4n) is 4.66. The molecule has 6 heteroatoms. The molecule has 0 saturated carbocycles. The molecule has 29 heavy (non-hydrogen) atoms. The predicted molar refractivity (Wildman–Crippen MR) is 110 cm³/mol. The lowest BCUT2D eigenvalue weighted by molar-refractivity contribution is -0.132. The lowest BCUT2D eigenvalue weighted by atomic mass is 10.0. The number of carbonyl (C=O) groups is 1. The molecule has 1 fully saturated rings. The third-order valence-corrected chi connectivity index (χ3v) is 6.27. The maximum atomic E-state index is 12.8. The Kier molecular flexibility index (Phi) is 4.96. The average Bonchev–Trinajstić information content (AvgIpc) is 3.39. The zero-order valence-corrected chi connectivity index (χ0v) is 17.0. The summed E-state index contributed by atoms with van der Waals surface area (Å²) in [4.78, 5) is 24.1. The molecule has 1 saturated heterocycles. The van der Waals surface area contributed by atoms with Crippen molar-refractivity contribution in [3.63, 3.8) is 0 Å². The van der Waals surface area contributed by atoms with Crippen LogP contribution < -0.4 is 10.1 Å². The van der Waals surface area contributed by atoms with Crippen molar-refractivity contribution in [1.29, 1.82) is 0 Å². The lowest BCUT2D eigenvalue weighted by Gasteiger charge is -2.28. The number of ether oxygens (including phenoxy) is 1. The number of nitrogens with one attached hydrogen (secondary N) is 1. The zero-order chi connectivity index (χ0) is 19.8. The summed E-state index contributed by atoms with van der Waals surface area (Å²) in [6.45, 7) is 4.51. The van der Waals surface area contributed by atoms with Gasteiger partial charge in [0.25, 0.3) is 0 Å². The predicted octanol–water partition coefficient (Wildman–Crippen LogP) is 2.74. The first kappa shape index (κ1) is 18.6. The Morgan fingerprint density at radius 3 is 3.14 bits per heavy atom. The van der Waals surface area contributed by atoms with Crippen LogP contribution in [0.4, 0.5) is 0 Å². The molecule has 152 valence electrons. The van der Waals surface area contributed by atoms with E-state index in [0.29, 0.717) is 19.0 Å². The standard InChI is InChI=1S/C23H28N4O2/c1-15-11-17-12-16(4-6-21(17)29-15)5-7-22(28)27-10-8-19-18(14-27)13-25-23(26-19)20-3-2-9-24-20/h4,6,12-13,15,20,24H,2-3,5,7-11,14H2,1H3. The van der Waals surface area contributed by atoms with E-state index >= 15 is 0 Å². The topological polar surface area (TPSA) is 67.4 Å². The first-order valence-electron chi connectivity index (χ1n) is 10.8. The Hall–Kier alpha value is -2.47. The highest BCUT2D eigenvalue weighted by Crippen LogP contribution is 2.30. The van der Waals surface area contributed by atoms with E-state index in [1.807, 2.05) is 17.2 Å². The molecule has 3 aliphatic heterocycles. The molecule has 6 nitrogen and oxygen atoms in total. The minimum absolute atomic E-state index is 0.210. The number of nitrogens with zero attached hydrogens (tertiary/aromatic N) is 3. The van der Waals surface area contributed by atoms with Crippen LogP contribution in [0.5, 0.6) is 5.75 Å². The number of aromatic nitrogens is 2. The molecule has 1 aromatic heterocycles. The number of rotatable bonds is 4. The van der Waals surface area contributed by atoms with Gasteiger partial charge in [-0.2, -0.15) is 0 Å². The second kappa shape index (κ2) is 7.75. The van der Waals surface area contributed by atoms with Crippen LogP contribution in [0.1, 0.15) is 60.4 Å². The van der Waals surface area contributed by atoms with Gasteiger partial charge in [0.2, 0.25) is 5.91 Å². The van der Waals surface area contributed by atoms with E-state index < -0.39 is 0 Å². The molecule has 2 aromatic rings. The molecule has 3 aliphatic rings. The largest absolute Gasteiger partial charge is 0.490 e. The summed E-state index contributed by atoms with van der Waals surface area (Å²) in [5.41, 5.74) is 4.68. The van der Waals surface area contributed by atoms with Crippen molar-refractivity contribution in [3.8, 4) is 5.75 Å². The summed E-state index contributed by atoms with van der Waals surface area (Å²) in [6, 6.07) is 6.62. The highest BCUT2D eigenvalue weighted by Gasteiger charge is 2.25. The molecule has 1 N–H and O–H groups in total. The van der Waals surface area contributed by atoms with E-state index in [0.717, 1.165) is 61.6 Å². The molecule has 0 bridgehead atoms. The number of hydrogen-bond acceptors (Lipinski definition) is 5. The Labute approximate surface area is 171 Å². The number of amides is 1. The van der Waals surface area contributed by atoms with Crippen LogP contribution >= 0.6 is 0 Å². The van der Waals surface area contributed by atoms with Gasteiger partial charge in [0.1, 0.15) is 17.7 Å². The van der Waals surface area contributed by atoms with Gasteiger partial charge in [0.05, 0.1) is 11.7 Å². The van der Waals surface area contributed by atoms with E-state index in [9.17, 15) is 4.79 Å². The minimum Gasteiger partial charge on any atom is -0.490 e. The second-order valence-electron chi connectivity index (χ2n) is 8.49. The van der Waals surface area contributed by atoms with Crippen LogP contribution in [0.25, 0.3) is 0 Å². The van der Waals surface area contributed by atoms with E-state index in [2.05, 4.69) is 29.4 Å². The van der Waals surface area contributed by atoms with Gasteiger partial charge in [-0.15, -0.1) is 0 Å². The molecule has 0 spiro atoms. The maximum Gasteiger partial charge on any atom is 0.223 e. The number of benzene rings is 1. The lowest BCUT2D eigenvalue weighted by Crippen LogP contribution is -2.37. The van der Waals surface area contributed by atoms with Crippen molar-refractivity contribution in [1.82, 2.24) is 20.2 Å². The molecule has 2 unspecified atom stereocenters. The summed E-state index contributed by atoms with van der Waals surface area (Å²) in [6.07, 6.45) is 7.56. The normalized spacial score (nSPS) is 22.9. The third-order valence-electron chi connectivity index (χ3n) is 6.27. The SMILES string of the molecule is CC1Cc2cc(CCC(=O)N3CCc4nc(C5CCCN5)ncc4C3)ccc2O1.